The first-order valence-electron chi connectivity index (χ1n) is 3.17. The summed E-state index contributed by atoms with van der Waals surface area (Å²) in [6.45, 7) is 0. The van der Waals surface area contributed by atoms with Gasteiger partial charge >= 0.3 is 1.43 Å². The summed E-state index contributed by atoms with van der Waals surface area (Å²) in [4.78, 5) is 10.3. The third kappa shape index (κ3) is 0.605. The highest BCUT2D eigenvalue weighted by molar-refractivity contribution is 5.84. The summed E-state index contributed by atoms with van der Waals surface area (Å²) in [7, 11) is 0. The Balaban J connectivity index is 0.000000605. The van der Waals surface area contributed by atoms with Crippen molar-refractivity contribution in [2.45, 2.75) is 0 Å². The van der Waals surface area contributed by atoms with Gasteiger partial charge in [0, 0.05) is 5.57 Å². The molecule has 0 aromatic rings. The van der Waals surface area contributed by atoms with Crippen molar-refractivity contribution in [3.8, 4) is 0 Å². The predicted molar refractivity (Wildman–Crippen MR) is 40.6 cm³/mol. The van der Waals surface area contributed by atoms with Crippen molar-refractivity contribution in [3.63, 3.8) is 0 Å². The van der Waals surface area contributed by atoms with Crippen LogP contribution in [0, 0.1) is 0 Å². The first kappa shape index (κ1) is 5.42. The van der Waals surface area contributed by atoms with Crippen molar-refractivity contribution in [1.29, 1.82) is 0 Å². The summed E-state index contributed by atoms with van der Waals surface area (Å²) >= 11 is 0. The van der Waals surface area contributed by atoms with E-state index in [-0.39, 0.29) is 1.43 Å². The molecule has 0 amide bonds. The average Bonchev–Trinajstić information content (AvgIpc) is 2.42. The minimum Gasteiger partial charge on any atom is -0.298 e. The molecule has 0 N–H and O–H groups in total. The van der Waals surface area contributed by atoms with Gasteiger partial charge in [0.15, 0.2) is 0 Å². The van der Waals surface area contributed by atoms with Crippen LogP contribution in [0.3, 0.4) is 0 Å². The van der Waals surface area contributed by atoms with Gasteiger partial charge in [0.25, 0.3) is 0 Å². The Kier molecular flexibility index (Phi) is 0.978. The molecule has 0 saturated heterocycles. The molecule has 0 fully saturated rings. The van der Waals surface area contributed by atoms with Crippen molar-refractivity contribution in [2.75, 3.05) is 0 Å². The van der Waals surface area contributed by atoms with Crippen molar-refractivity contribution in [3.05, 3.63) is 47.1 Å². The number of allylic oxidation sites excluding steroid dienone is 8. The molecule has 10 heavy (non-hydrogen) atoms. The van der Waals surface area contributed by atoms with Crippen LogP contribution in [0.1, 0.15) is 1.43 Å². The van der Waals surface area contributed by atoms with Crippen LogP contribution in [0.5, 0.6) is 0 Å². The van der Waals surface area contributed by atoms with Gasteiger partial charge < -0.3 is 0 Å². The average molecular weight is 131 g/mol. The highest BCUT2D eigenvalue weighted by Gasteiger charge is 2.10. The molecule has 48 valence electrons. The third-order valence-electron chi connectivity index (χ3n) is 1.67. The zero-order valence-corrected chi connectivity index (χ0v) is 5.37. The quantitative estimate of drug-likeness (QED) is 0.494. The van der Waals surface area contributed by atoms with Crippen LogP contribution in [0.25, 0.3) is 0 Å². The maximum absolute atomic E-state index is 10.3. The standard InChI is InChI=1S/C9H6O/c10-6-7-4-8-2-1-3-9(8)5-7/h1-6H/p+1. The summed E-state index contributed by atoms with van der Waals surface area (Å²) in [5.74, 6) is 0. The van der Waals surface area contributed by atoms with Gasteiger partial charge in [-0.2, -0.15) is 0 Å². The molecule has 0 heterocycles. The number of hydrogen-bond donors (Lipinski definition) is 0. The summed E-state index contributed by atoms with van der Waals surface area (Å²) < 4.78 is 0. The number of rotatable bonds is 1. The molecule has 0 atom stereocenters. The molecule has 0 saturated carbocycles. The second-order valence-corrected chi connectivity index (χ2v) is 2.34. The van der Waals surface area contributed by atoms with E-state index in [2.05, 4.69) is 0 Å². The Hall–Kier alpha value is -1.37. The van der Waals surface area contributed by atoms with E-state index in [1.165, 1.54) is 0 Å². The molecule has 0 aliphatic heterocycles. The first-order valence-corrected chi connectivity index (χ1v) is 3.17. The Morgan fingerprint density at radius 2 is 2.20 bits per heavy atom. The molecule has 1 heteroatoms. The lowest BCUT2D eigenvalue weighted by Gasteiger charge is -1.85. The maximum atomic E-state index is 10.3. The molecular weight excluding hydrogens is 124 g/mol. The normalized spacial score (nSPS) is 19.8. The molecular formula is C9H7O+. The predicted octanol–water partition coefficient (Wildman–Crippen LogP) is 1.66. The second kappa shape index (κ2) is 1.81. The molecule has 0 bridgehead atoms. The molecule has 2 aliphatic rings. The maximum Gasteiger partial charge on any atom is 1.00 e. The number of carbonyl (C=O) groups excluding carboxylic acids is 1. The second-order valence-electron chi connectivity index (χ2n) is 2.34. The van der Waals surface area contributed by atoms with Crippen molar-refractivity contribution in [1.82, 2.24) is 0 Å². The van der Waals surface area contributed by atoms with E-state index in [1.54, 1.807) is 0 Å². The largest absolute Gasteiger partial charge is 1.00 e. The molecule has 0 spiro atoms. The van der Waals surface area contributed by atoms with Crippen molar-refractivity contribution < 1.29 is 6.22 Å². The van der Waals surface area contributed by atoms with E-state index >= 15 is 0 Å². The van der Waals surface area contributed by atoms with E-state index in [9.17, 15) is 4.79 Å². The molecule has 1 nitrogen and oxygen atoms in total. The van der Waals surface area contributed by atoms with Gasteiger partial charge in [-0.15, -0.1) is 0 Å². The van der Waals surface area contributed by atoms with Crippen molar-refractivity contribution in [2.24, 2.45) is 0 Å². The van der Waals surface area contributed by atoms with Gasteiger partial charge in [0.1, 0.15) is 6.29 Å². The minimum absolute atomic E-state index is 0. The number of carbonyl (C=O) groups is 1. The number of hydrogen-bond acceptors (Lipinski definition) is 1. The third-order valence-corrected chi connectivity index (χ3v) is 1.67. The van der Waals surface area contributed by atoms with Crippen LogP contribution in [0.2, 0.25) is 0 Å². The summed E-state index contributed by atoms with van der Waals surface area (Å²) in [5, 5.41) is 0. The summed E-state index contributed by atoms with van der Waals surface area (Å²) in [6, 6.07) is 0. The van der Waals surface area contributed by atoms with Crippen molar-refractivity contribution >= 4 is 6.29 Å². The lowest BCUT2D eigenvalue weighted by atomic mass is 10.2. The van der Waals surface area contributed by atoms with Crippen LogP contribution in [-0.4, -0.2) is 6.29 Å². The van der Waals surface area contributed by atoms with Gasteiger partial charge in [-0.05, 0) is 23.3 Å². The van der Waals surface area contributed by atoms with E-state index < -0.39 is 0 Å². The lowest BCUT2D eigenvalue weighted by molar-refractivity contribution is -0.104. The fourth-order valence-electron chi connectivity index (χ4n) is 1.18. The van der Waals surface area contributed by atoms with Crippen LogP contribution in [-0.2, 0) is 4.79 Å². The SMILES string of the molecule is O=CC1=CC2=CC=CC2=C1.[H+]. The van der Waals surface area contributed by atoms with E-state index in [0.717, 1.165) is 23.0 Å². The fraction of sp³-hybridized carbons (Fsp3) is 0. The minimum atomic E-state index is 0. The monoisotopic (exact) mass is 131 g/mol. The Morgan fingerprint density at radius 3 is 2.90 bits per heavy atom. The Labute approximate surface area is 60.5 Å². The van der Waals surface area contributed by atoms with E-state index in [4.69, 9.17) is 0 Å². The molecule has 0 aromatic heterocycles. The molecule has 2 aliphatic carbocycles. The molecule has 0 radical (unpaired) electrons. The Morgan fingerprint density at radius 1 is 1.30 bits per heavy atom. The van der Waals surface area contributed by atoms with Gasteiger partial charge in [0.2, 0.25) is 0 Å². The highest BCUT2D eigenvalue weighted by Crippen LogP contribution is 2.27. The van der Waals surface area contributed by atoms with Crippen LogP contribution in [0.15, 0.2) is 47.1 Å². The fourth-order valence-corrected chi connectivity index (χ4v) is 1.18. The first-order chi connectivity index (χ1) is 4.90. The zero-order valence-electron chi connectivity index (χ0n) is 6.37. The molecule has 2 rings (SSSR count). The highest BCUT2D eigenvalue weighted by atomic mass is 16.1. The number of aldehydes is 1. The summed E-state index contributed by atoms with van der Waals surface area (Å²) in [6.07, 6.45) is 10.6. The van der Waals surface area contributed by atoms with Crippen LogP contribution < -0.4 is 0 Å². The zero-order chi connectivity index (χ0) is 6.97. The molecule has 0 aromatic carbocycles. The van der Waals surface area contributed by atoms with Gasteiger partial charge in [0.05, 0.1) is 0 Å². The smallest absolute Gasteiger partial charge is 0.298 e. The van der Waals surface area contributed by atoms with Crippen LogP contribution >= 0.6 is 0 Å². The van der Waals surface area contributed by atoms with Gasteiger partial charge in [-0.25, -0.2) is 0 Å². The topological polar surface area (TPSA) is 17.1 Å². The summed E-state index contributed by atoms with van der Waals surface area (Å²) in [5.41, 5.74) is 3.08. The number of fused-ring (bicyclic) bond motifs is 1. The van der Waals surface area contributed by atoms with Gasteiger partial charge in [-0.3, -0.25) is 4.79 Å². The lowest BCUT2D eigenvalue weighted by Crippen LogP contribution is -1.71. The van der Waals surface area contributed by atoms with E-state index in [0.29, 0.717) is 0 Å². The Bertz CT molecular complexity index is 306. The van der Waals surface area contributed by atoms with E-state index in [1.807, 2.05) is 30.4 Å². The van der Waals surface area contributed by atoms with Gasteiger partial charge in [-0.1, -0.05) is 18.2 Å². The van der Waals surface area contributed by atoms with Crippen LogP contribution in [0.4, 0.5) is 0 Å². The molecule has 0 unspecified atom stereocenters.